The van der Waals surface area contributed by atoms with E-state index in [1.165, 1.54) is 0 Å². The van der Waals surface area contributed by atoms with Crippen molar-refractivity contribution in [1.29, 1.82) is 0 Å². The van der Waals surface area contributed by atoms with Gasteiger partial charge in [0.25, 0.3) is 10.0 Å². The Balaban J connectivity index is 1.77. The molecule has 0 saturated heterocycles. The monoisotopic (exact) mass is 358 g/mol. The van der Waals surface area contributed by atoms with Crippen LogP contribution >= 0.6 is 0 Å². The van der Waals surface area contributed by atoms with Crippen LogP contribution in [-0.4, -0.2) is 13.4 Å². The van der Waals surface area contributed by atoms with Gasteiger partial charge in [-0.1, -0.05) is 54.6 Å². The topological polar surface area (TPSA) is 59.1 Å². The average molecular weight is 358 g/mol. The maximum atomic E-state index is 12.7. The van der Waals surface area contributed by atoms with Crippen molar-refractivity contribution in [3.63, 3.8) is 0 Å². The molecule has 0 amide bonds. The summed E-state index contributed by atoms with van der Waals surface area (Å²) < 4.78 is 28.1. The summed E-state index contributed by atoms with van der Waals surface area (Å²) in [6.07, 6.45) is 1.79. The molecule has 26 heavy (non-hydrogen) atoms. The second-order valence-electron chi connectivity index (χ2n) is 6.25. The first kappa shape index (κ1) is 15.1. The van der Waals surface area contributed by atoms with Gasteiger partial charge < -0.3 is 0 Å². The second-order valence-corrected chi connectivity index (χ2v) is 7.90. The molecule has 4 aromatic rings. The molecule has 5 heteroatoms. The lowest BCUT2D eigenvalue weighted by molar-refractivity contribution is 0.592. The Morgan fingerprint density at radius 3 is 2.46 bits per heavy atom. The number of aromatic nitrogens is 1. The standard InChI is InChI=1S/C21H14N2O2S/c24-26(25)20-10-4-7-15-6-3-8-17(21(15)20)19(23-26)13-16-12-11-14-5-1-2-9-18(14)22-16/h1-13,23H. The summed E-state index contributed by atoms with van der Waals surface area (Å²) in [4.78, 5) is 4.94. The minimum Gasteiger partial charge on any atom is -0.279 e. The van der Waals surface area contributed by atoms with Crippen molar-refractivity contribution >= 4 is 43.5 Å². The normalized spacial score (nSPS) is 16.7. The van der Waals surface area contributed by atoms with Crippen LogP contribution in [0.5, 0.6) is 0 Å². The van der Waals surface area contributed by atoms with Crippen molar-refractivity contribution < 1.29 is 8.42 Å². The Morgan fingerprint density at radius 1 is 0.808 bits per heavy atom. The summed E-state index contributed by atoms with van der Waals surface area (Å²) in [6.45, 7) is 0. The smallest absolute Gasteiger partial charge is 0.262 e. The third kappa shape index (κ3) is 2.29. The molecule has 3 aromatic carbocycles. The minimum atomic E-state index is -3.61. The van der Waals surface area contributed by atoms with Gasteiger partial charge in [0.15, 0.2) is 0 Å². The van der Waals surface area contributed by atoms with E-state index in [4.69, 9.17) is 0 Å². The van der Waals surface area contributed by atoms with Crippen LogP contribution in [0.2, 0.25) is 0 Å². The van der Waals surface area contributed by atoms with Gasteiger partial charge in [0, 0.05) is 16.3 Å². The van der Waals surface area contributed by atoms with Gasteiger partial charge in [-0.2, -0.15) is 0 Å². The number of fused-ring (bicyclic) bond motifs is 1. The molecule has 2 heterocycles. The Labute approximate surface area is 150 Å². The van der Waals surface area contributed by atoms with Crippen molar-refractivity contribution in [3.8, 4) is 0 Å². The van der Waals surface area contributed by atoms with Gasteiger partial charge in [-0.3, -0.25) is 4.72 Å². The fourth-order valence-electron chi connectivity index (χ4n) is 3.43. The molecule has 4 nitrogen and oxygen atoms in total. The van der Waals surface area contributed by atoms with Crippen LogP contribution in [0.3, 0.4) is 0 Å². The number of pyridine rings is 1. The summed E-state index contributed by atoms with van der Waals surface area (Å²) in [5, 5.41) is 2.70. The molecule has 0 spiro atoms. The number of hydrogen-bond donors (Lipinski definition) is 1. The van der Waals surface area contributed by atoms with Crippen molar-refractivity contribution in [1.82, 2.24) is 9.71 Å². The molecule has 1 aliphatic rings. The van der Waals surface area contributed by atoms with E-state index in [2.05, 4.69) is 9.71 Å². The van der Waals surface area contributed by atoms with Gasteiger partial charge in [0.1, 0.15) is 0 Å². The van der Waals surface area contributed by atoms with Gasteiger partial charge in [-0.25, -0.2) is 13.4 Å². The van der Waals surface area contributed by atoms with E-state index in [1.54, 1.807) is 18.2 Å². The lowest BCUT2D eigenvalue weighted by Crippen LogP contribution is -2.26. The van der Waals surface area contributed by atoms with Crippen molar-refractivity contribution in [2.45, 2.75) is 4.90 Å². The van der Waals surface area contributed by atoms with Crippen LogP contribution in [0.25, 0.3) is 33.4 Å². The Kier molecular flexibility index (Phi) is 3.14. The number of benzene rings is 3. The van der Waals surface area contributed by atoms with E-state index in [0.29, 0.717) is 16.3 Å². The highest BCUT2D eigenvalue weighted by molar-refractivity contribution is 7.90. The molecule has 1 aromatic heterocycles. The lowest BCUT2D eigenvalue weighted by Gasteiger charge is -2.22. The molecule has 0 radical (unpaired) electrons. The van der Waals surface area contributed by atoms with Crippen LogP contribution in [0.4, 0.5) is 0 Å². The third-order valence-corrected chi connectivity index (χ3v) is 6.01. The van der Waals surface area contributed by atoms with Crippen LogP contribution in [0.15, 0.2) is 77.7 Å². The van der Waals surface area contributed by atoms with E-state index in [9.17, 15) is 8.42 Å². The first-order valence-electron chi connectivity index (χ1n) is 8.24. The number of nitrogens with one attached hydrogen (secondary N) is 1. The highest BCUT2D eigenvalue weighted by Crippen LogP contribution is 2.35. The molecule has 0 fully saturated rings. The highest BCUT2D eigenvalue weighted by atomic mass is 32.2. The van der Waals surface area contributed by atoms with E-state index >= 15 is 0 Å². The number of rotatable bonds is 1. The van der Waals surface area contributed by atoms with Crippen LogP contribution < -0.4 is 4.72 Å². The number of nitrogens with zero attached hydrogens (tertiary/aromatic N) is 1. The third-order valence-electron chi connectivity index (χ3n) is 4.60. The van der Waals surface area contributed by atoms with E-state index in [1.807, 2.05) is 60.7 Å². The number of hydrogen-bond acceptors (Lipinski definition) is 3. The van der Waals surface area contributed by atoms with Crippen LogP contribution in [-0.2, 0) is 10.0 Å². The molecular formula is C21H14N2O2S. The molecule has 0 bridgehead atoms. The van der Waals surface area contributed by atoms with Gasteiger partial charge in [-0.15, -0.1) is 0 Å². The van der Waals surface area contributed by atoms with Crippen molar-refractivity contribution in [3.05, 3.63) is 84.1 Å². The zero-order chi connectivity index (χ0) is 17.7. The summed E-state index contributed by atoms with van der Waals surface area (Å²) in [6, 6.07) is 22.8. The zero-order valence-corrected chi connectivity index (χ0v) is 14.5. The average Bonchev–Trinajstić information content (AvgIpc) is 2.65. The van der Waals surface area contributed by atoms with Gasteiger partial charge in [0.2, 0.25) is 0 Å². The lowest BCUT2D eigenvalue weighted by atomic mass is 10.0. The van der Waals surface area contributed by atoms with Gasteiger partial charge in [0.05, 0.1) is 21.8 Å². The Hall–Kier alpha value is -3.18. The maximum absolute atomic E-state index is 12.7. The summed E-state index contributed by atoms with van der Waals surface area (Å²) in [5.41, 5.74) is 2.98. The fourth-order valence-corrected chi connectivity index (χ4v) is 4.75. The quantitative estimate of drug-likeness (QED) is 0.555. The van der Waals surface area contributed by atoms with E-state index < -0.39 is 10.0 Å². The largest absolute Gasteiger partial charge is 0.279 e. The van der Waals surface area contributed by atoms with E-state index in [0.717, 1.165) is 27.2 Å². The molecular weight excluding hydrogens is 344 g/mol. The molecule has 1 N–H and O–H groups in total. The first-order valence-corrected chi connectivity index (χ1v) is 9.73. The number of sulfonamides is 1. The van der Waals surface area contributed by atoms with Gasteiger partial charge in [-0.05, 0) is 29.7 Å². The molecule has 0 atom stereocenters. The second kappa shape index (κ2) is 5.41. The zero-order valence-electron chi connectivity index (χ0n) is 13.7. The number of para-hydroxylation sites is 1. The Bertz CT molecular complexity index is 1320. The maximum Gasteiger partial charge on any atom is 0.262 e. The Morgan fingerprint density at radius 2 is 1.58 bits per heavy atom. The molecule has 0 aliphatic carbocycles. The summed E-state index contributed by atoms with van der Waals surface area (Å²) >= 11 is 0. The van der Waals surface area contributed by atoms with E-state index in [-0.39, 0.29) is 0 Å². The van der Waals surface area contributed by atoms with Crippen molar-refractivity contribution in [2.24, 2.45) is 0 Å². The first-order chi connectivity index (χ1) is 12.6. The fraction of sp³-hybridized carbons (Fsp3) is 0. The highest BCUT2D eigenvalue weighted by Gasteiger charge is 2.27. The molecule has 126 valence electrons. The molecule has 0 unspecified atom stereocenters. The molecule has 0 saturated carbocycles. The van der Waals surface area contributed by atoms with Gasteiger partial charge >= 0.3 is 0 Å². The van der Waals surface area contributed by atoms with Crippen molar-refractivity contribution in [2.75, 3.05) is 0 Å². The SMILES string of the molecule is O=S1(=O)NC(=Cc2ccc3ccccc3n2)c2cccc3cccc1c23. The van der Waals surface area contributed by atoms with Crippen LogP contribution in [0, 0.1) is 0 Å². The molecule has 5 rings (SSSR count). The predicted octanol–water partition coefficient (Wildman–Crippen LogP) is 4.18. The molecule has 1 aliphatic heterocycles. The predicted molar refractivity (Wildman–Crippen MR) is 104 cm³/mol. The summed E-state index contributed by atoms with van der Waals surface area (Å²) in [5.74, 6) is 0. The van der Waals surface area contributed by atoms with Crippen LogP contribution in [0.1, 0.15) is 11.3 Å². The summed E-state index contributed by atoms with van der Waals surface area (Å²) in [7, 11) is -3.61. The minimum absolute atomic E-state index is 0.314.